The van der Waals surface area contributed by atoms with Crippen molar-refractivity contribution >= 4 is 74.9 Å². The Labute approximate surface area is 221 Å². The normalized spacial score (nSPS) is 17.9. The predicted octanol–water partition coefficient (Wildman–Crippen LogP) is 6.05. The number of hydrogen-bond acceptors (Lipinski definition) is 6. The molecule has 0 saturated carbocycles. The molecular formula is C23H18Cl2N4O3S3. The smallest absolute Gasteiger partial charge is 0.238 e. The van der Waals surface area contributed by atoms with E-state index in [1.54, 1.807) is 30.3 Å². The number of nitrogens with zero attached hydrogens (tertiary/aromatic N) is 1. The predicted molar refractivity (Wildman–Crippen MR) is 141 cm³/mol. The number of fused-ring (bicyclic) bond motifs is 1. The van der Waals surface area contributed by atoms with E-state index in [0.717, 1.165) is 5.70 Å². The van der Waals surface area contributed by atoms with Gasteiger partial charge in [0.05, 0.1) is 4.90 Å². The molecule has 0 bridgehead atoms. The Morgan fingerprint density at radius 2 is 1.74 bits per heavy atom. The minimum Gasteiger partial charge on any atom is -0.323 e. The lowest BCUT2D eigenvalue weighted by Crippen LogP contribution is -2.34. The van der Waals surface area contributed by atoms with E-state index in [-0.39, 0.29) is 10.7 Å². The van der Waals surface area contributed by atoms with Crippen molar-refractivity contribution in [1.82, 2.24) is 9.97 Å². The van der Waals surface area contributed by atoms with Gasteiger partial charge in [-0.1, -0.05) is 41.5 Å². The van der Waals surface area contributed by atoms with Crippen LogP contribution in [0.3, 0.4) is 0 Å². The first kappa shape index (κ1) is 24.4. The summed E-state index contributed by atoms with van der Waals surface area (Å²) < 4.78 is 24.3. The largest absolute Gasteiger partial charge is 0.323 e. The molecule has 0 fully saturated rings. The number of carbonyl (C=O) groups is 1. The standard InChI is InChI=1S/C23H18Cl2N4O3S3/c24-11-4-9-14(15(25)10-11)18-19-16(2-1-3-17(19)30)29(21-20(18)22(33)28-23(34)27-21)12-5-7-13(8-6-12)35(26,31)32/h4-10,18H,1-3H2,(H2,26,31,32)(H2,27,28,33,34). The molecule has 5 rings (SSSR count). The van der Waals surface area contributed by atoms with Crippen LogP contribution < -0.4 is 10.0 Å². The molecule has 7 nitrogen and oxygen atoms in total. The Hall–Kier alpha value is -2.34. The fourth-order valence-corrected chi connectivity index (χ4v) is 6.34. The number of sulfonamides is 1. The number of primary sulfonamides is 1. The fourth-order valence-electron chi connectivity index (χ4n) is 4.73. The number of ketones is 1. The molecule has 2 aromatic carbocycles. The van der Waals surface area contributed by atoms with E-state index in [1.807, 2.05) is 4.90 Å². The maximum Gasteiger partial charge on any atom is 0.238 e. The zero-order chi connectivity index (χ0) is 25.1. The first-order chi connectivity index (χ1) is 16.6. The second-order valence-corrected chi connectivity index (χ2v) is 11.5. The number of hydrogen-bond donors (Lipinski definition) is 3. The van der Waals surface area contributed by atoms with Gasteiger partial charge >= 0.3 is 0 Å². The third kappa shape index (κ3) is 4.28. The molecule has 0 spiro atoms. The number of rotatable bonds is 3. The summed E-state index contributed by atoms with van der Waals surface area (Å²) in [7, 11) is -3.87. The summed E-state index contributed by atoms with van der Waals surface area (Å²) in [5.74, 6) is 0.0515. The molecule has 2 heterocycles. The summed E-state index contributed by atoms with van der Waals surface area (Å²) in [5, 5.41) is 6.18. The van der Waals surface area contributed by atoms with Crippen molar-refractivity contribution in [3.8, 4) is 0 Å². The average Bonchev–Trinajstić information content (AvgIpc) is 2.77. The van der Waals surface area contributed by atoms with Crippen molar-refractivity contribution in [3.05, 3.63) is 84.3 Å². The van der Waals surface area contributed by atoms with Gasteiger partial charge in [0.25, 0.3) is 0 Å². The Balaban J connectivity index is 1.84. The zero-order valence-electron chi connectivity index (χ0n) is 18.0. The molecule has 0 saturated heterocycles. The van der Waals surface area contributed by atoms with Crippen LogP contribution in [-0.4, -0.2) is 24.2 Å². The van der Waals surface area contributed by atoms with Gasteiger partial charge in [-0.25, -0.2) is 13.6 Å². The van der Waals surface area contributed by atoms with Crippen molar-refractivity contribution in [1.29, 1.82) is 0 Å². The van der Waals surface area contributed by atoms with Gasteiger partial charge < -0.3 is 9.97 Å². The van der Waals surface area contributed by atoms with E-state index in [2.05, 4.69) is 9.97 Å². The first-order valence-corrected chi connectivity index (χ1v) is 13.7. The third-order valence-corrected chi connectivity index (χ3v) is 8.17. The van der Waals surface area contributed by atoms with Crippen LogP contribution in [0, 0.1) is 9.41 Å². The maximum absolute atomic E-state index is 13.4. The third-order valence-electron chi connectivity index (χ3n) is 6.16. The quantitative estimate of drug-likeness (QED) is 0.334. The van der Waals surface area contributed by atoms with Gasteiger partial charge in [-0.15, -0.1) is 0 Å². The minimum atomic E-state index is -3.87. The Morgan fingerprint density at radius 1 is 1.03 bits per heavy atom. The molecule has 0 amide bonds. The Kier molecular flexibility index (Phi) is 6.23. The highest BCUT2D eigenvalue weighted by molar-refractivity contribution is 7.89. The number of aromatic amines is 2. The molecule has 12 heteroatoms. The van der Waals surface area contributed by atoms with Gasteiger partial charge in [0.2, 0.25) is 10.0 Å². The lowest BCUT2D eigenvalue weighted by Gasteiger charge is -2.40. The van der Waals surface area contributed by atoms with Crippen LogP contribution >= 0.6 is 47.6 Å². The molecule has 0 radical (unpaired) electrons. The molecule has 1 aromatic heterocycles. The van der Waals surface area contributed by atoms with Crippen LogP contribution in [0.15, 0.2) is 58.6 Å². The second-order valence-electron chi connectivity index (χ2n) is 8.28. The van der Waals surface area contributed by atoms with Crippen molar-refractivity contribution in [3.63, 3.8) is 0 Å². The van der Waals surface area contributed by atoms with Gasteiger partial charge in [-0.2, -0.15) is 0 Å². The monoisotopic (exact) mass is 564 g/mol. The zero-order valence-corrected chi connectivity index (χ0v) is 21.9. The maximum atomic E-state index is 13.4. The van der Waals surface area contributed by atoms with Crippen LogP contribution in [0.1, 0.15) is 36.3 Å². The lowest BCUT2D eigenvalue weighted by molar-refractivity contribution is -0.116. The number of allylic oxidation sites excluding steroid dienone is 2. The highest BCUT2D eigenvalue weighted by Crippen LogP contribution is 2.51. The highest BCUT2D eigenvalue weighted by Gasteiger charge is 2.41. The molecule has 4 N–H and O–H groups in total. The second kappa shape index (κ2) is 8.95. The van der Waals surface area contributed by atoms with Crippen LogP contribution in [0.5, 0.6) is 0 Å². The molecule has 1 aliphatic carbocycles. The molecule has 2 aliphatic rings. The first-order valence-electron chi connectivity index (χ1n) is 10.6. The number of aromatic nitrogens is 2. The minimum absolute atomic E-state index is 0.00378. The van der Waals surface area contributed by atoms with Gasteiger partial charge in [-0.3, -0.25) is 9.69 Å². The summed E-state index contributed by atoms with van der Waals surface area (Å²) in [6.45, 7) is 0. The van der Waals surface area contributed by atoms with Crippen molar-refractivity contribution < 1.29 is 13.2 Å². The molecular weight excluding hydrogens is 547 g/mol. The van der Waals surface area contributed by atoms with E-state index in [0.29, 0.717) is 66.9 Å². The van der Waals surface area contributed by atoms with Crippen molar-refractivity contribution in [2.45, 2.75) is 30.1 Å². The molecule has 3 aromatic rings. The molecule has 180 valence electrons. The SMILES string of the molecule is NS(=O)(=O)c1ccc(N2C3=C(C(=O)CCC3)C(c3ccc(Cl)cc3Cl)c3c2[nH]c(=S)[nH]c3=S)cc1. The van der Waals surface area contributed by atoms with Gasteiger partial charge in [0.15, 0.2) is 10.6 Å². The van der Waals surface area contributed by atoms with Crippen molar-refractivity contribution in [2.75, 3.05) is 4.90 Å². The summed E-state index contributed by atoms with van der Waals surface area (Å²) in [6, 6.07) is 11.3. The lowest BCUT2D eigenvalue weighted by atomic mass is 9.76. The summed E-state index contributed by atoms with van der Waals surface area (Å²) >= 11 is 23.9. The molecule has 35 heavy (non-hydrogen) atoms. The van der Waals surface area contributed by atoms with Crippen molar-refractivity contribution in [2.24, 2.45) is 5.14 Å². The van der Waals surface area contributed by atoms with E-state index in [9.17, 15) is 13.2 Å². The number of nitrogens with two attached hydrogens (primary N) is 1. The molecule has 1 unspecified atom stereocenters. The Morgan fingerprint density at radius 3 is 2.40 bits per heavy atom. The van der Waals surface area contributed by atoms with Gasteiger partial charge in [-0.05, 0) is 67.0 Å². The van der Waals surface area contributed by atoms with E-state index in [1.165, 1.54) is 12.1 Å². The van der Waals surface area contributed by atoms with E-state index in [4.69, 9.17) is 52.8 Å². The number of nitrogens with one attached hydrogen (secondary N) is 2. The van der Waals surface area contributed by atoms with Crippen LogP contribution in [0.4, 0.5) is 11.5 Å². The van der Waals surface area contributed by atoms with Crippen LogP contribution in [0.25, 0.3) is 0 Å². The molecule has 1 aliphatic heterocycles. The van der Waals surface area contributed by atoms with E-state index < -0.39 is 15.9 Å². The number of halogens is 2. The number of benzene rings is 2. The summed E-state index contributed by atoms with van der Waals surface area (Å²) in [5.41, 5.74) is 3.34. The number of carbonyl (C=O) groups excluding carboxylic acids is 1. The highest BCUT2D eigenvalue weighted by atomic mass is 35.5. The summed E-state index contributed by atoms with van der Waals surface area (Å²) in [4.78, 5) is 21.5. The topological polar surface area (TPSA) is 112 Å². The average molecular weight is 566 g/mol. The van der Waals surface area contributed by atoms with Gasteiger partial charge in [0, 0.05) is 44.9 Å². The van der Waals surface area contributed by atoms with Crippen LogP contribution in [0.2, 0.25) is 10.0 Å². The summed E-state index contributed by atoms with van der Waals surface area (Å²) in [6.07, 6.45) is 1.68. The van der Waals surface area contributed by atoms with Crippen LogP contribution in [-0.2, 0) is 14.8 Å². The number of Topliss-reactive ketones (excluding diaryl/α,β-unsaturated/α-hetero) is 1. The molecule has 1 atom stereocenters. The fraction of sp³-hybridized carbons (Fsp3) is 0.174. The number of anilines is 2. The van der Waals surface area contributed by atoms with Gasteiger partial charge in [0.1, 0.15) is 10.5 Å². The number of H-pyrrole nitrogens is 2. The van der Waals surface area contributed by atoms with E-state index >= 15 is 0 Å². The Bertz CT molecular complexity index is 1640.